The summed E-state index contributed by atoms with van der Waals surface area (Å²) in [5.74, 6) is 0.660. The first-order valence-electron chi connectivity index (χ1n) is 5.60. The molecule has 2 atom stereocenters. The first-order chi connectivity index (χ1) is 6.74. The molecule has 1 aliphatic rings. The van der Waals surface area contributed by atoms with Crippen LogP contribution in [0.5, 0.6) is 0 Å². The second-order valence-electron chi connectivity index (χ2n) is 4.24. The molecule has 84 valence electrons. The Hall–Kier alpha value is -0.120. The van der Waals surface area contributed by atoms with Gasteiger partial charge in [-0.3, -0.25) is 0 Å². The van der Waals surface area contributed by atoms with Crippen molar-refractivity contribution in [3.05, 3.63) is 0 Å². The highest BCUT2D eigenvalue weighted by Gasteiger charge is 2.20. The summed E-state index contributed by atoms with van der Waals surface area (Å²) in [5, 5.41) is 0. The summed E-state index contributed by atoms with van der Waals surface area (Å²) in [6.45, 7) is 3.87. The minimum absolute atomic E-state index is 0.330. The van der Waals surface area contributed by atoms with E-state index in [9.17, 15) is 0 Å². The van der Waals surface area contributed by atoms with Crippen molar-refractivity contribution in [3.8, 4) is 0 Å². The Balaban J connectivity index is 2.16. The minimum atomic E-state index is 0.330. The van der Waals surface area contributed by atoms with Gasteiger partial charge in [-0.1, -0.05) is 0 Å². The second kappa shape index (κ2) is 6.38. The van der Waals surface area contributed by atoms with E-state index in [0.717, 1.165) is 38.9 Å². The molecule has 3 heteroatoms. The fourth-order valence-electron chi connectivity index (χ4n) is 1.92. The van der Waals surface area contributed by atoms with E-state index in [1.165, 1.54) is 0 Å². The van der Waals surface area contributed by atoms with Gasteiger partial charge < -0.3 is 15.2 Å². The van der Waals surface area contributed by atoms with Gasteiger partial charge >= 0.3 is 0 Å². The Morgan fingerprint density at radius 3 is 2.57 bits per heavy atom. The fraction of sp³-hybridized carbons (Fsp3) is 1.00. The molecule has 1 fully saturated rings. The molecule has 0 aromatic rings. The third kappa shape index (κ3) is 3.95. The molecule has 2 N–H and O–H groups in total. The quantitative estimate of drug-likeness (QED) is 0.734. The molecule has 0 radical (unpaired) electrons. The molecule has 2 unspecified atom stereocenters. The van der Waals surface area contributed by atoms with Gasteiger partial charge in [0.25, 0.3) is 0 Å². The first-order valence-corrected chi connectivity index (χ1v) is 5.60. The SMILES string of the molecule is COC(C)CCC(N)C1CCOCC1. The van der Waals surface area contributed by atoms with Gasteiger partial charge in [-0.2, -0.15) is 0 Å². The van der Waals surface area contributed by atoms with Crippen LogP contribution < -0.4 is 5.73 Å². The van der Waals surface area contributed by atoms with Crippen LogP contribution in [0.2, 0.25) is 0 Å². The molecule has 0 bridgehead atoms. The lowest BCUT2D eigenvalue weighted by Gasteiger charge is -2.28. The Bertz CT molecular complexity index is 146. The maximum Gasteiger partial charge on any atom is 0.0543 e. The molecule has 0 aromatic heterocycles. The van der Waals surface area contributed by atoms with E-state index in [1.807, 2.05) is 0 Å². The number of ether oxygens (including phenoxy) is 2. The van der Waals surface area contributed by atoms with Gasteiger partial charge in [0, 0.05) is 26.4 Å². The zero-order valence-corrected chi connectivity index (χ0v) is 9.37. The van der Waals surface area contributed by atoms with Crippen LogP contribution in [-0.2, 0) is 9.47 Å². The largest absolute Gasteiger partial charge is 0.382 e. The van der Waals surface area contributed by atoms with Crippen LogP contribution in [0.25, 0.3) is 0 Å². The van der Waals surface area contributed by atoms with Crippen LogP contribution in [0.3, 0.4) is 0 Å². The molecule has 0 saturated carbocycles. The van der Waals surface area contributed by atoms with Crippen molar-refractivity contribution in [2.75, 3.05) is 20.3 Å². The molecule has 1 saturated heterocycles. The first kappa shape index (κ1) is 12.0. The summed E-state index contributed by atoms with van der Waals surface area (Å²) in [4.78, 5) is 0. The smallest absolute Gasteiger partial charge is 0.0543 e. The maximum absolute atomic E-state index is 6.14. The van der Waals surface area contributed by atoms with Crippen LogP contribution in [0.1, 0.15) is 32.6 Å². The maximum atomic E-state index is 6.14. The predicted molar refractivity (Wildman–Crippen MR) is 57.2 cm³/mol. The fourth-order valence-corrected chi connectivity index (χ4v) is 1.92. The second-order valence-corrected chi connectivity index (χ2v) is 4.24. The van der Waals surface area contributed by atoms with E-state index in [-0.39, 0.29) is 0 Å². The number of hydrogen-bond acceptors (Lipinski definition) is 3. The molecule has 1 heterocycles. The van der Waals surface area contributed by atoms with Gasteiger partial charge in [-0.25, -0.2) is 0 Å². The highest BCUT2D eigenvalue weighted by molar-refractivity contribution is 4.76. The third-order valence-corrected chi connectivity index (χ3v) is 3.18. The van der Waals surface area contributed by atoms with Crippen molar-refractivity contribution in [1.82, 2.24) is 0 Å². The zero-order valence-electron chi connectivity index (χ0n) is 9.37. The summed E-state index contributed by atoms with van der Waals surface area (Å²) in [5.41, 5.74) is 6.14. The topological polar surface area (TPSA) is 44.5 Å². The van der Waals surface area contributed by atoms with Crippen molar-refractivity contribution < 1.29 is 9.47 Å². The lowest BCUT2D eigenvalue weighted by atomic mass is 9.89. The van der Waals surface area contributed by atoms with Gasteiger partial charge in [0.15, 0.2) is 0 Å². The zero-order chi connectivity index (χ0) is 10.4. The van der Waals surface area contributed by atoms with Gasteiger partial charge in [-0.05, 0) is 38.5 Å². The van der Waals surface area contributed by atoms with Crippen molar-refractivity contribution in [2.24, 2.45) is 11.7 Å². The van der Waals surface area contributed by atoms with Crippen molar-refractivity contribution in [2.45, 2.75) is 44.8 Å². The summed E-state index contributed by atoms with van der Waals surface area (Å²) in [6.07, 6.45) is 4.72. The standard InChI is InChI=1S/C11H23NO2/c1-9(13-2)3-4-11(12)10-5-7-14-8-6-10/h9-11H,3-8,12H2,1-2H3. The molecule has 0 aromatic carbocycles. The van der Waals surface area contributed by atoms with Gasteiger partial charge in [0.2, 0.25) is 0 Å². The van der Waals surface area contributed by atoms with E-state index in [0.29, 0.717) is 18.1 Å². The normalized spacial score (nSPS) is 23.4. The lowest BCUT2D eigenvalue weighted by molar-refractivity contribution is 0.0533. The highest BCUT2D eigenvalue weighted by Crippen LogP contribution is 2.20. The number of methoxy groups -OCH3 is 1. The van der Waals surface area contributed by atoms with Crippen LogP contribution in [0.15, 0.2) is 0 Å². The van der Waals surface area contributed by atoms with Crippen molar-refractivity contribution in [1.29, 1.82) is 0 Å². The average molecular weight is 201 g/mol. The van der Waals surface area contributed by atoms with Crippen LogP contribution in [0.4, 0.5) is 0 Å². The Labute approximate surface area is 86.9 Å². The van der Waals surface area contributed by atoms with Crippen LogP contribution in [0, 0.1) is 5.92 Å². The van der Waals surface area contributed by atoms with Crippen molar-refractivity contribution >= 4 is 0 Å². The highest BCUT2D eigenvalue weighted by atomic mass is 16.5. The summed E-state index contributed by atoms with van der Waals surface area (Å²) in [7, 11) is 1.75. The number of nitrogens with two attached hydrogens (primary N) is 1. The molecule has 1 rings (SSSR count). The molecule has 1 aliphatic heterocycles. The Morgan fingerprint density at radius 2 is 2.00 bits per heavy atom. The monoisotopic (exact) mass is 201 g/mol. The van der Waals surface area contributed by atoms with Gasteiger partial charge in [-0.15, -0.1) is 0 Å². The predicted octanol–water partition coefficient (Wildman–Crippen LogP) is 1.56. The van der Waals surface area contributed by atoms with E-state index in [1.54, 1.807) is 7.11 Å². The molecule has 0 amide bonds. The Morgan fingerprint density at radius 1 is 1.36 bits per heavy atom. The van der Waals surface area contributed by atoms with E-state index < -0.39 is 0 Å². The average Bonchev–Trinajstić information content (AvgIpc) is 2.26. The van der Waals surface area contributed by atoms with E-state index in [4.69, 9.17) is 15.2 Å². The van der Waals surface area contributed by atoms with E-state index in [2.05, 4.69) is 6.92 Å². The lowest BCUT2D eigenvalue weighted by Crippen LogP contribution is -2.34. The molecular formula is C11H23NO2. The third-order valence-electron chi connectivity index (χ3n) is 3.18. The molecule has 14 heavy (non-hydrogen) atoms. The van der Waals surface area contributed by atoms with Crippen molar-refractivity contribution in [3.63, 3.8) is 0 Å². The van der Waals surface area contributed by atoms with Crippen LogP contribution >= 0.6 is 0 Å². The summed E-state index contributed by atoms with van der Waals surface area (Å²) in [6, 6.07) is 0.330. The molecular weight excluding hydrogens is 178 g/mol. The van der Waals surface area contributed by atoms with Gasteiger partial charge in [0.1, 0.15) is 0 Å². The van der Waals surface area contributed by atoms with E-state index >= 15 is 0 Å². The molecule has 3 nitrogen and oxygen atoms in total. The number of rotatable bonds is 5. The van der Waals surface area contributed by atoms with Crippen LogP contribution in [-0.4, -0.2) is 32.5 Å². The summed E-state index contributed by atoms with van der Waals surface area (Å²) >= 11 is 0. The number of hydrogen-bond donors (Lipinski definition) is 1. The molecule has 0 aliphatic carbocycles. The Kier molecular flexibility index (Phi) is 5.45. The minimum Gasteiger partial charge on any atom is -0.382 e. The van der Waals surface area contributed by atoms with Gasteiger partial charge in [0.05, 0.1) is 6.10 Å². The molecule has 0 spiro atoms. The summed E-state index contributed by atoms with van der Waals surface area (Å²) < 4.78 is 10.5.